The summed E-state index contributed by atoms with van der Waals surface area (Å²) in [5, 5.41) is 30.0. The van der Waals surface area contributed by atoms with Crippen molar-refractivity contribution in [3.8, 4) is 11.8 Å². The third-order valence-corrected chi connectivity index (χ3v) is 7.66. The van der Waals surface area contributed by atoms with E-state index in [1.165, 1.54) is 49.9 Å². The number of alkyl halides is 2. The van der Waals surface area contributed by atoms with Gasteiger partial charge in [0.05, 0.1) is 39.6 Å². The Kier molecular flexibility index (Phi) is 8.18. The minimum atomic E-state index is -1.87. The number of fused-ring (bicyclic) bond motifs is 2. The summed E-state index contributed by atoms with van der Waals surface area (Å²) >= 11 is 0. The van der Waals surface area contributed by atoms with Crippen LogP contribution in [0.1, 0.15) is 39.6 Å². The van der Waals surface area contributed by atoms with Gasteiger partial charge in [-0.2, -0.15) is 19.9 Å². The van der Waals surface area contributed by atoms with Crippen LogP contribution in [0.5, 0.6) is 11.8 Å². The molecule has 0 bridgehead atoms. The van der Waals surface area contributed by atoms with Gasteiger partial charge in [-0.25, -0.2) is 18.7 Å². The monoisotopic (exact) mass is 624 g/mol. The zero-order valence-corrected chi connectivity index (χ0v) is 24.5. The van der Waals surface area contributed by atoms with Crippen LogP contribution in [0.15, 0.2) is 12.7 Å². The summed E-state index contributed by atoms with van der Waals surface area (Å²) in [4.78, 5) is 24.2. The molecule has 17 nitrogen and oxygen atoms in total. The van der Waals surface area contributed by atoms with E-state index in [4.69, 9.17) is 35.5 Å². The van der Waals surface area contributed by atoms with Gasteiger partial charge in [0.15, 0.2) is 47.1 Å². The average Bonchev–Trinajstić information content (AvgIpc) is 3.71. The zero-order chi connectivity index (χ0) is 32.1. The summed E-state index contributed by atoms with van der Waals surface area (Å²) in [6.07, 6.45) is -4.02. The van der Waals surface area contributed by atoms with Crippen LogP contribution in [0.2, 0.25) is 0 Å². The maximum Gasteiger partial charge on any atom is 0.246 e. The van der Waals surface area contributed by atoms with Gasteiger partial charge in [0.1, 0.15) is 17.3 Å². The van der Waals surface area contributed by atoms with Crippen molar-refractivity contribution in [2.45, 2.75) is 75.4 Å². The third-order valence-electron chi connectivity index (χ3n) is 7.66. The second kappa shape index (κ2) is 11.5. The standard InChI is InChI=1S/C13H18FN5O3.C12H16FN5O4/c1-4-6-8(14)13(2,20)11(22-6)19-5-16-7-9(19)17-12(15)18-10(7)21-3;1-12(20)7(13)5(3-19)22-10(12)18-4-15-6-8(18)16-11(14)17-9(6)21-2/h5-6,8,11,20H,4H2,1-3H3,(H2,15,17,18);4-5,7,10,19-20H,3H2,1-2H3,(H2,14,16,17)/t6-,8+,11-,13-;5-,7+,10-,12-/m11/s1. The molecule has 0 amide bonds. The number of methoxy groups -OCH3 is 2. The number of nitrogens with zero attached hydrogens (tertiary/aromatic N) is 8. The molecular weight excluding hydrogens is 590 g/mol. The van der Waals surface area contributed by atoms with Crippen molar-refractivity contribution in [3.63, 3.8) is 0 Å². The number of imidazole rings is 2. The number of aliphatic hydroxyl groups is 3. The Balaban J connectivity index is 0.000000175. The van der Waals surface area contributed by atoms with Gasteiger partial charge >= 0.3 is 0 Å². The Morgan fingerprint density at radius 3 is 1.57 bits per heavy atom. The second-order valence-electron chi connectivity index (χ2n) is 10.7. The number of hydrogen-bond donors (Lipinski definition) is 5. The second-order valence-corrected chi connectivity index (χ2v) is 10.7. The summed E-state index contributed by atoms with van der Waals surface area (Å²) in [5.41, 5.74) is 8.92. The topological polar surface area (TPSA) is 237 Å². The van der Waals surface area contributed by atoms with Gasteiger partial charge in [0.2, 0.25) is 23.7 Å². The first-order valence-corrected chi connectivity index (χ1v) is 13.5. The maximum atomic E-state index is 14.3. The van der Waals surface area contributed by atoms with E-state index in [1.807, 2.05) is 0 Å². The fourth-order valence-corrected chi connectivity index (χ4v) is 5.34. The van der Waals surface area contributed by atoms with Crippen molar-refractivity contribution in [1.29, 1.82) is 0 Å². The average molecular weight is 625 g/mol. The summed E-state index contributed by atoms with van der Waals surface area (Å²) < 4.78 is 52.6. The Morgan fingerprint density at radius 2 is 1.23 bits per heavy atom. The summed E-state index contributed by atoms with van der Waals surface area (Å²) in [5.74, 6) is 0.309. The van der Waals surface area contributed by atoms with Crippen LogP contribution in [0.25, 0.3) is 22.3 Å². The van der Waals surface area contributed by atoms with Gasteiger partial charge in [-0.1, -0.05) is 6.92 Å². The molecule has 0 aromatic carbocycles. The molecule has 6 heterocycles. The molecule has 2 aliphatic rings. The highest BCUT2D eigenvalue weighted by atomic mass is 19.1. The highest BCUT2D eigenvalue weighted by Crippen LogP contribution is 2.43. The molecule has 240 valence electrons. The van der Waals surface area contributed by atoms with Gasteiger partial charge in [0.25, 0.3) is 0 Å². The van der Waals surface area contributed by atoms with Crippen molar-refractivity contribution in [2.24, 2.45) is 0 Å². The largest absolute Gasteiger partial charge is 0.479 e. The predicted molar refractivity (Wildman–Crippen MR) is 149 cm³/mol. The first-order valence-electron chi connectivity index (χ1n) is 13.5. The van der Waals surface area contributed by atoms with Gasteiger partial charge in [-0.05, 0) is 20.3 Å². The van der Waals surface area contributed by atoms with E-state index in [-0.39, 0.29) is 29.3 Å². The Labute approximate surface area is 248 Å². The lowest BCUT2D eigenvalue weighted by atomic mass is 9.97. The Hall–Kier alpha value is -4.04. The molecule has 0 aliphatic carbocycles. The quantitative estimate of drug-likeness (QED) is 0.193. The highest BCUT2D eigenvalue weighted by Gasteiger charge is 2.55. The molecule has 7 N–H and O–H groups in total. The van der Waals surface area contributed by atoms with Crippen molar-refractivity contribution in [2.75, 3.05) is 32.3 Å². The third kappa shape index (κ3) is 4.99. The molecule has 19 heteroatoms. The number of aliphatic hydroxyl groups excluding tert-OH is 1. The number of nitrogen functional groups attached to an aromatic ring is 2. The summed E-state index contributed by atoms with van der Waals surface area (Å²) in [6, 6.07) is 0. The fraction of sp³-hybridized carbons (Fsp3) is 0.600. The molecule has 2 saturated heterocycles. The molecule has 2 fully saturated rings. The molecular formula is C25H34F2N10O7. The number of halogens is 2. The lowest BCUT2D eigenvalue weighted by Crippen LogP contribution is -2.41. The van der Waals surface area contributed by atoms with Gasteiger partial charge in [-0.3, -0.25) is 9.13 Å². The van der Waals surface area contributed by atoms with Crippen molar-refractivity contribution in [3.05, 3.63) is 12.7 Å². The molecule has 2 aliphatic heterocycles. The molecule has 0 radical (unpaired) electrons. The van der Waals surface area contributed by atoms with E-state index in [9.17, 15) is 19.0 Å². The van der Waals surface area contributed by atoms with Crippen LogP contribution in [0.4, 0.5) is 20.7 Å². The van der Waals surface area contributed by atoms with E-state index < -0.39 is 54.8 Å². The zero-order valence-electron chi connectivity index (χ0n) is 24.5. The molecule has 0 saturated carbocycles. The molecule has 0 spiro atoms. The number of ether oxygens (including phenoxy) is 4. The van der Waals surface area contributed by atoms with E-state index in [0.717, 1.165) is 0 Å². The van der Waals surface area contributed by atoms with Crippen LogP contribution in [0.3, 0.4) is 0 Å². The summed E-state index contributed by atoms with van der Waals surface area (Å²) in [6.45, 7) is 3.92. The number of anilines is 2. The lowest BCUT2D eigenvalue weighted by molar-refractivity contribution is -0.0892. The molecule has 8 atom stereocenters. The Bertz CT molecular complexity index is 1530. The number of hydrogen-bond acceptors (Lipinski definition) is 15. The van der Waals surface area contributed by atoms with Crippen LogP contribution in [0, 0.1) is 0 Å². The van der Waals surface area contributed by atoms with Crippen molar-refractivity contribution >= 4 is 34.2 Å². The van der Waals surface area contributed by atoms with E-state index in [2.05, 4.69) is 29.9 Å². The number of nitrogens with two attached hydrogens (primary N) is 2. The normalized spacial score (nSPS) is 31.8. The molecule has 6 rings (SSSR count). The van der Waals surface area contributed by atoms with E-state index >= 15 is 0 Å². The van der Waals surface area contributed by atoms with Crippen LogP contribution in [-0.4, -0.2) is 111 Å². The maximum absolute atomic E-state index is 14.3. The smallest absolute Gasteiger partial charge is 0.246 e. The molecule has 0 unspecified atom stereocenters. The molecule has 4 aromatic rings. The first-order chi connectivity index (χ1) is 20.8. The van der Waals surface area contributed by atoms with E-state index in [0.29, 0.717) is 23.1 Å². The SMILES string of the molecule is CC[C@H]1O[C@@H](n2cnc3c(OC)nc(N)nc32)[C@](C)(O)[C@H]1F.COc1nc(N)nc2c1ncn2[C@@H]1O[C@H](CO)[C@H](F)[C@@]1(C)O. The number of rotatable bonds is 6. The first kappa shape index (κ1) is 31.4. The molecule has 4 aromatic heterocycles. The lowest BCUT2D eigenvalue weighted by Gasteiger charge is -2.26. The minimum absolute atomic E-state index is 0.00687. The van der Waals surface area contributed by atoms with Crippen molar-refractivity contribution in [1.82, 2.24) is 39.0 Å². The van der Waals surface area contributed by atoms with E-state index in [1.54, 1.807) is 6.92 Å². The minimum Gasteiger partial charge on any atom is -0.479 e. The number of aromatic nitrogens is 8. The van der Waals surface area contributed by atoms with Crippen LogP contribution < -0.4 is 20.9 Å². The Morgan fingerprint density at radius 1 is 0.818 bits per heavy atom. The molecule has 44 heavy (non-hydrogen) atoms. The summed E-state index contributed by atoms with van der Waals surface area (Å²) in [7, 11) is 2.84. The van der Waals surface area contributed by atoms with Gasteiger partial charge in [-0.15, -0.1) is 0 Å². The highest BCUT2D eigenvalue weighted by molar-refractivity contribution is 5.78. The van der Waals surface area contributed by atoms with Gasteiger partial charge < -0.3 is 45.7 Å². The van der Waals surface area contributed by atoms with Crippen LogP contribution in [-0.2, 0) is 9.47 Å². The van der Waals surface area contributed by atoms with Gasteiger partial charge in [0, 0.05) is 0 Å². The van der Waals surface area contributed by atoms with Crippen molar-refractivity contribution < 1.29 is 43.0 Å². The van der Waals surface area contributed by atoms with Crippen LogP contribution >= 0.6 is 0 Å². The predicted octanol–water partition coefficient (Wildman–Crippen LogP) is 0.210. The fourth-order valence-electron chi connectivity index (χ4n) is 5.34.